The lowest BCUT2D eigenvalue weighted by Gasteiger charge is -2.10. The molecule has 0 radical (unpaired) electrons. The van der Waals surface area contributed by atoms with Gasteiger partial charge in [-0.15, -0.1) is 11.3 Å². The van der Waals surface area contributed by atoms with E-state index < -0.39 is 6.10 Å². The monoisotopic (exact) mass is 336 g/mol. The van der Waals surface area contributed by atoms with Gasteiger partial charge in [0.2, 0.25) is 0 Å². The van der Waals surface area contributed by atoms with Crippen LogP contribution in [0, 0.1) is 0 Å². The van der Waals surface area contributed by atoms with Crippen LogP contribution in [0.15, 0.2) is 46.5 Å². The number of hydrogen-bond donors (Lipinski definition) is 1. The summed E-state index contributed by atoms with van der Waals surface area (Å²) in [5.41, 5.74) is 2.06. The molecule has 0 amide bonds. The summed E-state index contributed by atoms with van der Waals surface area (Å²) in [6.07, 6.45) is 4.76. The average molecular weight is 337 g/mol. The predicted molar refractivity (Wildman–Crippen MR) is 80.6 cm³/mol. The minimum absolute atomic E-state index is 0.414. The van der Waals surface area contributed by atoms with Crippen molar-refractivity contribution < 1.29 is 5.11 Å². The Bertz CT molecular complexity index is 663. The first kappa shape index (κ1) is 12.8. The molecule has 5 heteroatoms. The molecule has 0 aliphatic heterocycles. The molecule has 0 fully saturated rings. The normalized spacial score (nSPS) is 12.9. The molecule has 3 aromatic rings. The van der Waals surface area contributed by atoms with Crippen LogP contribution in [0.25, 0.3) is 4.96 Å². The Balaban J connectivity index is 1.70. The average Bonchev–Trinajstić information content (AvgIpc) is 2.92. The Labute approximate surface area is 123 Å². The number of aliphatic hydroxyl groups excluding tert-OH is 1. The highest BCUT2D eigenvalue weighted by molar-refractivity contribution is 9.10. The van der Waals surface area contributed by atoms with Gasteiger partial charge in [-0.2, -0.15) is 0 Å². The topological polar surface area (TPSA) is 37.5 Å². The van der Waals surface area contributed by atoms with Crippen LogP contribution in [0.3, 0.4) is 0 Å². The molecular formula is C14H13BrN2OS. The number of benzene rings is 1. The largest absolute Gasteiger partial charge is 0.392 e. The number of fused-ring (bicyclic) bond motifs is 1. The first-order valence-electron chi connectivity index (χ1n) is 6.05. The summed E-state index contributed by atoms with van der Waals surface area (Å²) in [4.78, 5) is 5.46. The van der Waals surface area contributed by atoms with Crippen LogP contribution < -0.4 is 0 Å². The van der Waals surface area contributed by atoms with Crippen LogP contribution in [0.2, 0.25) is 0 Å². The summed E-state index contributed by atoms with van der Waals surface area (Å²) in [5, 5.41) is 12.2. The fraction of sp³-hybridized carbons (Fsp3) is 0.214. The molecule has 0 bridgehead atoms. The second-order valence-electron chi connectivity index (χ2n) is 4.48. The van der Waals surface area contributed by atoms with Crippen molar-refractivity contribution >= 4 is 32.2 Å². The Morgan fingerprint density at radius 3 is 2.95 bits per heavy atom. The van der Waals surface area contributed by atoms with Gasteiger partial charge < -0.3 is 5.11 Å². The summed E-state index contributed by atoms with van der Waals surface area (Å²) < 4.78 is 3.03. The lowest BCUT2D eigenvalue weighted by atomic mass is 10.0. The zero-order valence-electron chi connectivity index (χ0n) is 10.2. The van der Waals surface area contributed by atoms with Crippen LogP contribution >= 0.6 is 27.3 Å². The first-order valence-corrected chi connectivity index (χ1v) is 7.72. The van der Waals surface area contributed by atoms with Crippen LogP contribution in [0.4, 0.5) is 0 Å². The van der Waals surface area contributed by atoms with Gasteiger partial charge in [-0.1, -0.05) is 34.1 Å². The Morgan fingerprint density at radius 2 is 2.16 bits per heavy atom. The number of thiazole rings is 1. The third-order valence-corrected chi connectivity index (χ3v) is 4.55. The van der Waals surface area contributed by atoms with Crippen molar-refractivity contribution in [3.63, 3.8) is 0 Å². The first-order chi connectivity index (χ1) is 9.22. The van der Waals surface area contributed by atoms with Crippen molar-refractivity contribution in [3.8, 4) is 0 Å². The Kier molecular flexibility index (Phi) is 3.68. The molecule has 1 N–H and O–H groups in total. The molecular weight excluding hydrogens is 324 g/mol. The molecule has 3 rings (SSSR count). The molecule has 0 saturated carbocycles. The molecule has 3 nitrogen and oxygen atoms in total. The van der Waals surface area contributed by atoms with Crippen molar-refractivity contribution in [1.29, 1.82) is 0 Å². The highest BCUT2D eigenvalue weighted by atomic mass is 79.9. The molecule has 19 heavy (non-hydrogen) atoms. The molecule has 1 atom stereocenters. The van der Waals surface area contributed by atoms with Gasteiger partial charge >= 0.3 is 0 Å². The van der Waals surface area contributed by atoms with E-state index >= 15 is 0 Å². The summed E-state index contributed by atoms with van der Waals surface area (Å²) in [7, 11) is 0. The fourth-order valence-corrected chi connectivity index (χ4v) is 3.27. The number of aliphatic hydroxyl groups is 1. The van der Waals surface area contributed by atoms with E-state index in [2.05, 4.69) is 20.9 Å². The fourth-order valence-electron chi connectivity index (χ4n) is 2.11. The third-order valence-electron chi connectivity index (χ3n) is 3.00. The molecule has 0 spiro atoms. The van der Waals surface area contributed by atoms with Gasteiger partial charge in [0.15, 0.2) is 4.96 Å². The zero-order chi connectivity index (χ0) is 13.2. The Hall–Kier alpha value is -1.17. The molecule has 1 unspecified atom stereocenters. The van der Waals surface area contributed by atoms with E-state index in [0.29, 0.717) is 12.8 Å². The second-order valence-corrected chi connectivity index (χ2v) is 6.21. The van der Waals surface area contributed by atoms with Crippen LogP contribution in [-0.4, -0.2) is 20.6 Å². The standard InChI is InChI=1S/C14H13BrN2OS/c15-13-4-2-1-3-10(13)7-12(18)8-11-9-17-5-6-19-14(17)16-11/h1-6,9,12,18H,7-8H2. The van der Waals surface area contributed by atoms with E-state index in [4.69, 9.17) is 0 Å². The highest BCUT2D eigenvalue weighted by Crippen LogP contribution is 2.19. The quantitative estimate of drug-likeness (QED) is 0.793. The van der Waals surface area contributed by atoms with Crippen molar-refractivity contribution in [2.24, 2.45) is 0 Å². The van der Waals surface area contributed by atoms with Gasteiger partial charge in [0.25, 0.3) is 0 Å². The maximum absolute atomic E-state index is 10.2. The molecule has 0 aliphatic rings. The molecule has 2 heterocycles. The van der Waals surface area contributed by atoms with Gasteiger partial charge in [0.05, 0.1) is 11.8 Å². The Morgan fingerprint density at radius 1 is 1.32 bits per heavy atom. The zero-order valence-corrected chi connectivity index (χ0v) is 12.6. The van der Waals surface area contributed by atoms with Gasteiger partial charge in [-0.3, -0.25) is 4.40 Å². The number of imidazole rings is 1. The lowest BCUT2D eigenvalue weighted by molar-refractivity contribution is 0.174. The van der Waals surface area contributed by atoms with E-state index in [1.54, 1.807) is 11.3 Å². The maximum atomic E-state index is 10.2. The number of nitrogens with zero attached hydrogens (tertiary/aromatic N) is 2. The minimum atomic E-state index is -0.414. The summed E-state index contributed by atoms with van der Waals surface area (Å²) in [6.45, 7) is 0. The summed E-state index contributed by atoms with van der Waals surface area (Å²) in [5.74, 6) is 0. The molecule has 1 aromatic carbocycles. The van der Waals surface area contributed by atoms with Crippen LogP contribution in [-0.2, 0) is 12.8 Å². The van der Waals surface area contributed by atoms with Crippen LogP contribution in [0.5, 0.6) is 0 Å². The van der Waals surface area contributed by atoms with Gasteiger partial charge in [-0.25, -0.2) is 4.98 Å². The van der Waals surface area contributed by atoms with E-state index in [-0.39, 0.29) is 0 Å². The van der Waals surface area contributed by atoms with Crippen molar-refractivity contribution in [1.82, 2.24) is 9.38 Å². The second kappa shape index (κ2) is 5.45. The summed E-state index contributed by atoms with van der Waals surface area (Å²) >= 11 is 5.11. The third kappa shape index (κ3) is 2.88. The van der Waals surface area contributed by atoms with Gasteiger partial charge in [-0.05, 0) is 18.1 Å². The number of aromatic nitrogens is 2. The van der Waals surface area contributed by atoms with Crippen molar-refractivity contribution in [2.75, 3.05) is 0 Å². The molecule has 98 valence electrons. The highest BCUT2D eigenvalue weighted by Gasteiger charge is 2.11. The van der Waals surface area contributed by atoms with Crippen molar-refractivity contribution in [2.45, 2.75) is 18.9 Å². The number of halogens is 1. The summed E-state index contributed by atoms with van der Waals surface area (Å²) in [6, 6.07) is 7.98. The predicted octanol–water partition coefficient (Wildman–Crippen LogP) is 3.30. The number of rotatable bonds is 4. The van der Waals surface area contributed by atoms with Gasteiger partial charge in [0.1, 0.15) is 0 Å². The molecule has 0 saturated heterocycles. The van der Waals surface area contributed by atoms with E-state index in [0.717, 1.165) is 20.7 Å². The SMILES string of the molecule is OC(Cc1cn2ccsc2n1)Cc1ccccc1Br. The number of hydrogen-bond acceptors (Lipinski definition) is 3. The smallest absolute Gasteiger partial charge is 0.193 e. The lowest BCUT2D eigenvalue weighted by Crippen LogP contribution is -2.14. The van der Waals surface area contributed by atoms with E-state index in [9.17, 15) is 5.11 Å². The molecule has 0 aliphatic carbocycles. The minimum Gasteiger partial charge on any atom is -0.392 e. The van der Waals surface area contributed by atoms with Crippen molar-refractivity contribution in [3.05, 3.63) is 57.8 Å². The van der Waals surface area contributed by atoms with Crippen LogP contribution in [0.1, 0.15) is 11.3 Å². The molecule has 2 aromatic heterocycles. The van der Waals surface area contributed by atoms with E-state index in [1.807, 2.05) is 46.4 Å². The van der Waals surface area contributed by atoms with Gasteiger partial charge in [0, 0.05) is 28.7 Å². The van der Waals surface area contributed by atoms with E-state index in [1.165, 1.54) is 0 Å². The maximum Gasteiger partial charge on any atom is 0.193 e.